The first-order chi connectivity index (χ1) is 6.86. The molecule has 3 heteroatoms. The van der Waals surface area contributed by atoms with Crippen LogP contribution in [0.2, 0.25) is 0 Å². The van der Waals surface area contributed by atoms with Gasteiger partial charge in [0.2, 0.25) is 0 Å². The maximum Gasteiger partial charge on any atom is 0.0726 e. The highest BCUT2D eigenvalue weighted by Crippen LogP contribution is 2.31. The van der Waals surface area contributed by atoms with Crippen molar-refractivity contribution in [2.45, 2.75) is 50.3 Å². The number of hydrogen-bond donors (Lipinski definition) is 1. The maximum absolute atomic E-state index is 5.80. The van der Waals surface area contributed by atoms with Gasteiger partial charge in [-0.05, 0) is 38.6 Å². The molecule has 1 heterocycles. The van der Waals surface area contributed by atoms with Gasteiger partial charge in [0.05, 0.1) is 6.10 Å². The average molecular weight is 198 g/mol. The molecule has 2 aliphatic rings. The summed E-state index contributed by atoms with van der Waals surface area (Å²) < 4.78 is 5.55. The van der Waals surface area contributed by atoms with Crippen LogP contribution in [0.1, 0.15) is 32.1 Å². The van der Waals surface area contributed by atoms with Crippen LogP contribution in [0.15, 0.2) is 0 Å². The van der Waals surface area contributed by atoms with Gasteiger partial charge in [-0.25, -0.2) is 0 Å². The van der Waals surface area contributed by atoms with Gasteiger partial charge in [0.15, 0.2) is 0 Å². The normalized spacial score (nSPS) is 39.4. The van der Waals surface area contributed by atoms with E-state index < -0.39 is 0 Å². The maximum atomic E-state index is 5.80. The average Bonchev–Trinajstić information content (AvgIpc) is 2.85. The molecule has 0 aromatic carbocycles. The molecular formula is C11H22N2O. The minimum Gasteiger partial charge on any atom is -0.380 e. The van der Waals surface area contributed by atoms with Gasteiger partial charge in [-0.2, -0.15) is 0 Å². The van der Waals surface area contributed by atoms with Crippen LogP contribution in [-0.2, 0) is 4.74 Å². The number of methoxy groups -OCH3 is 1. The molecule has 0 bridgehead atoms. The van der Waals surface area contributed by atoms with Crippen molar-refractivity contribution in [1.29, 1.82) is 0 Å². The van der Waals surface area contributed by atoms with Gasteiger partial charge in [0.25, 0.3) is 0 Å². The van der Waals surface area contributed by atoms with Crippen molar-refractivity contribution in [3.8, 4) is 0 Å². The standard InChI is InChI=1S/C11H22N2O/c1-14-11-6-2-5-10(11)13-7-3-4-9(13)8-12/h9-11H,2-8,12H2,1H3/t9-,10?,11?/m1/s1. The minimum atomic E-state index is 0.460. The Labute approximate surface area is 86.6 Å². The lowest BCUT2D eigenvalue weighted by Gasteiger charge is -2.33. The highest BCUT2D eigenvalue weighted by Gasteiger charge is 2.37. The van der Waals surface area contributed by atoms with Crippen LogP contribution in [-0.4, -0.2) is 43.3 Å². The summed E-state index contributed by atoms with van der Waals surface area (Å²) in [5.41, 5.74) is 5.80. The second-order valence-corrected chi connectivity index (χ2v) is 4.54. The monoisotopic (exact) mass is 198 g/mol. The molecule has 1 aliphatic carbocycles. The third-order valence-corrected chi connectivity index (χ3v) is 3.84. The van der Waals surface area contributed by atoms with E-state index in [1.807, 2.05) is 7.11 Å². The van der Waals surface area contributed by atoms with E-state index in [9.17, 15) is 0 Å². The molecule has 2 unspecified atom stereocenters. The molecule has 2 fully saturated rings. The van der Waals surface area contributed by atoms with Gasteiger partial charge < -0.3 is 10.5 Å². The van der Waals surface area contributed by atoms with Crippen LogP contribution in [0.5, 0.6) is 0 Å². The van der Waals surface area contributed by atoms with E-state index in [0.29, 0.717) is 18.2 Å². The van der Waals surface area contributed by atoms with Crippen LogP contribution in [0, 0.1) is 0 Å². The Morgan fingerprint density at radius 1 is 1.29 bits per heavy atom. The summed E-state index contributed by atoms with van der Waals surface area (Å²) in [5.74, 6) is 0. The number of nitrogens with two attached hydrogens (primary N) is 1. The molecule has 2 N–H and O–H groups in total. The van der Waals surface area contributed by atoms with E-state index in [1.165, 1.54) is 38.6 Å². The zero-order valence-corrected chi connectivity index (χ0v) is 9.11. The van der Waals surface area contributed by atoms with Gasteiger partial charge in [0.1, 0.15) is 0 Å². The summed E-state index contributed by atoms with van der Waals surface area (Å²) in [6.07, 6.45) is 6.90. The number of rotatable bonds is 3. The lowest BCUT2D eigenvalue weighted by Crippen LogP contribution is -2.46. The molecule has 14 heavy (non-hydrogen) atoms. The molecule has 82 valence electrons. The van der Waals surface area contributed by atoms with Crippen molar-refractivity contribution in [3.05, 3.63) is 0 Å². The summed E-state index contributed by atoms with van der Waals surface area (Å²) >= 11 is 0. The van der Waals surface area contributed by atoms with E-state index >= 15 is 0 Å². The van der Waals surface area contributed by atoms with Crippen LogP contribution in [0.25, 0.3) is 0 Å². The predicted molar refractivity (Wildman–Crippen MR) is 57.2 cm³/mol. The predicted octanol–water partition coefficient (Wildman–Crippen LogP) is 0.977. The third kappa shape index (κ3) is 1.81. The first-order valence-electron chi connectivity index (χ1n) is 5.85. The van der Waals surface area contributed by atoms with Gasteiger partial charge in [-0.3, -0.25) is 4.90 Å². The van der Waals surface area contributed by atoms with E-state index in [-0.39, 0.29) is 0 Å². The van der Waals surface area contributed by atoms with Crippen molar-refractivity contribution < 1.29 is 4.74 Å². The molecule has 2 rings (SSSR count). The van der Waals surface area contributed by atoms with Crippen LogP contribution in [0.3, 0.4) is 0 Å². The highest BCUT2D eigenvalue weighted by atomic mass is 16.5. The summed E-state index contributed by atoms with van der Waals surface area (Å²) in [5, 5.41) is 0. The van der Waals surface area contributed by atoms with E-state index in [2.05, 4.69) is 4.90 Å². The molecule has 0 radical (unpaired) electrons. The first-order valence-corrected chi connectivity index (χ1v) is 5.85. The van der Waals surface area contributed by atoms with Crippen LogP contribution < -0.4 is 5.73 Å². The summed E-state index contributed by atoms with van der Waals surface area (Å²) in [6, 6.07) is 1.27. The molecule has 1 aliphatic heterocycles. The van der Waals surface area contributed by atoms with Gasteiger partial charge in [-0.1, -0.05) is 0 Å². The molecule has 0 spiro atoms. The summed E-state index contributed by atoms with van der Waals surface area (Å²) in [7, 11) is 1.84. The van der Waals surface area contributed by atoms with Crippen LogP contribution in [0.4, 0.5) is 0 Å². The quantitative estimate of drug-likeness (QED) is 0.734. The fraction of sp³-hybridized carbons (Fsp3) is 1.00. The lowest BCUT2D eigenvalue weighted by atomic mass is 10.1. The SMILES string of the molecule is COC1CCCC1N1CCC[C@@H]1CN. The van der Waals surface area contributed by atoms with Gasteiger partial charge >= 0.3 is 0 Å². The zero-order valence-electron chi connectivity index (χ0n) is 9.11. The Balaban J connectivity index is 1.98. The van der Waals surface area contributed by atoms with Crippen molar-refractivity contribution in [2.75, 3.05) is 20.2 Å². The molecule has 3 atom stereocenters. The Bertz CT molecular complexity index is 166. The summed E-state index contributed by atoms with van der Waals surface area (Å²) in [6.45, 7) is 2.04. The Kier molecular flexibility index (Phi) is 3.42. The third-order valence-electron chi connectivity index (χ3n) is 3.84. The van der Waals surface area contributed by atoms with Gasteiger partial charge in [0, 0.05) is 25.7 Å². The topological polar surface area (TPSA) is 38.5 Å². The van der Waals surface area contributed by atoms with Crippen molar-refractivity contribution >= 4 is 0 Å². The Morgan fingerprint density at radius 2 is 2.14 bits per heavy atom. The minimum absolute atomic E-state index is 0.460. The van der Waals surface area contributed by atoms with Crippen LogP contribution >= 0.6 is 0 Å². The molecule has 0 aromatic rings. The van der Waals surface area contributed by atoms with Crippen molar-refractivity contribution in [3.63, 3.8) is 0 Å². The van der Waals surface area contributed by atoms with E-state index in [0.717, 1.165) is 6.54 Å². The van der Waals surface area contributed by atoms with Crippen molar-refractivity contribution in [2.24, 2.45) is 5.73 Å². The molecule has 3 nitrogen and oxygen atoms in total. The Hall–Kier alpha value is -0.120. The van der Waals surface area contributed by atoms with E-state index in [1.54, 1.807) is 0 Å². The second-order valence-electron chi connectivity index (χ2n) is 4.54. The molecular weight excluding hydrogens is 176 g/mol. The fourth-order valence-electron chi connectivity index (χ4n) is 3.11. The Morgan fingerprint density at radius 3 is 2.86 bits per heavy atom. The number of ether oxygens (including phenoxy) is 1. The molecule has 1 saturated heterocycles. The van der Waals surface area contributed by atoms with E-state index in [4.69, 9.17) is 10.5 Å². The zero-order chi connectivity index (χ0) is 9.97. The summed E-state index contributed by atoms with van der Waals surface area (Å²) in [4.78, 5) is 2.60. The lowest BCUT2D eigenvalue weighted by molar-refractivity contribution is 0.0288. The molecule has 0 amide bonds. The molecule has 1 saturated carbocycles. The number of likely N-dealkylation sites (tertiary alicyclic amines) is 1. The molecule has 0 aromatic heterocycles. The largest absolute Gasteiger partial charge is 0.380 e. The number of hydrogen-bond acceptors (Lipinski definition) is 3. The van der Waals surface area contributed by atoms with Crippen molar-refractivity contribution in [1.82, 2.24) is 4.90 Å². The second kappa shape index (κ2) is 4.60. The smallest absolute Gasteiger partial charge is 0.0726 e. The number of nitrogens with zero attached hydrogens (tertiary/aromatic N) is 1. The van der Waals surface area contributed by atoms with Gasteiger partial charge in [-0.15, -0.1) is 0 Å². The first kappa shape index (κ1) is 10.4. The highest BCUT2D eigenvalue weighted by molar-refractivity contribution is 4.92. The fourth-order valence-corrected chi connectivity index (χ4v) is 3.11.